The first kappa shape index (κ1) is 10.5. The van der Waals surface area contributed by atoms with E-state index in [0.29, 0.717) is 5.92 Å². The van der Waals surface area contributed by atoms with E-state index in [4.69, 9.17) is 10.7 Å². The molecule has 5 heteroatoms. The minimum atomic E-state index is -3.68. The fourth-order valence-electron chi connectivity index (χ4n) is 0.877. The molecule has 13 heavy (non-hydrogen) atoms. The van der Waals surface area contributed by atoms with Gasteiger partial charge in [0.05, 0.1) is 0 Å². The molecule has 0 saturated heterocycles. The van der Waals surface area contributed by atoms with E-state index in [2.05, 4.69) is 4.98 Å². The van der Waals surface area contributed by atoms with Crippen molar-refractivity contribution >= 4 is 19.7 Å². The van der Waals surface area contributed by atoms with Crippen LogP contribution in [0.5, 0.6) is 0 Å². The summed E-state index contributed by atoms with van der Waals surface area (Å²) < 4.78 is 21.6. The van der Waals surface area contributed by atoms with Crippen molar-refractivity contribution in [3.05, 3.63) is 23.9 Å². The summed E-state index contributed by atoms with van der Waals surface area (Å²) >= 11 is 0. The maximum absolute atomic E-state index is 10.8. The number of aromatic nitrogens is 1. The van der Waals surface area contributed by atoms with Crippen molar-refractivity contribution in [3.63, 3.8) is 0 Å². The first-order valence-corrected chi connectivity index (χ1v) is 6.13. The van der Waals surface area contributed by atoms with Gasteiger partial charge in [0.1, 0.15) is 0 Å². The molecule has 0 aliphatic rings. The number of hydrogen-bond acceptors (Lipinski definition) is 3. The molecule has 0 aromatic carbocycles. The predicted molar refractivity (Wildman–Crippen MR) is 51.4 cm³/mol. The molecule has 72 valence electrons. The lowest BCUT2D eigenvalue weighted by molar-refractivity contribution is 0.606. The Balaban J connectivity index is 3.08. The van der Waals surface area contributed by atoms with Gasteiger partial charge >= 0.3 is 0 Å². The molecule has 0 radical (unpaired) electrons. The quantitative estimate of drug-likeness (QED) is 0.716. The Morgan fingerprint density at radius 3 is 2.31 bits per heavy atom. The van der Waals surface area contributed by atoms with Crippen LogP contribution in [-0.4, -0.2) is 13.4 Å². The maximum atomic E-state index is 10.8. The first-order valence-electron chi connectivity index (χ1n) is 3.82. The van der Waals surface area contributed by atoms with Crippen LogP contribution in [0.2, 0.25) is 0 Å². The summed E-state index contributed by atoms with van der Waals surface area (Å²) in [6.45, 7) is 4.01. The van der Waals surface area contributed by atoms with Crippen LogP contribution in [0.3, 0.4) is 0 Å². The van der Waals surface area contributed by atoms with E-state index in [1.807, 2.05) is 13.8 Å². The second-order valence-electron chi connectivity index (χ2n) is 3.02. The molecule has 0 spiro atoms. The molecule has 0 saturated carbocycles. The molecule has 1 aromatic heterocycles. The minimum absolute atomic E-state index is 0.0985. The van der Waals surface area contributed by atoms with E-state index in [1.54, 1.807) is 6.07 Å². The van der Waals surface area contributed by atoms with E-state index in [1.165, 1.54) is 12.3 Å². The minimum Gasteiger partial charge on any atom is -0.243 e. The average Bonchev–Trinajstić information content (AvgIpc) is 2.03. The van der Waals surface area contributed by atoms with E-state index in [0.717, 1.165) is 5.56 Å². The van der Waals surface area contributed by atoms with Crippen LogP contribution >= 0.6 is 10.7 Å². The van der Waals surface area contributed by atoms with E-state index >= 15 is 0 Å². The molecule has 1 rings (SSSR count). The van der Waals surface area contributed by atoms with Crippen molar-refractivity contribution in [1.82, 2.24) is 4.98 Å². The van der Waals surface area contributed by atoms with Crippen molar-refractivity contribution in [3.8, 4) is 0 Å². The Labute approximate surface area is 82.2 Å². The number of hydrogen-bond donors (Lipinski definition) is 0. The molecular formula is C8H10ClNO2S. The second-order valence-corrected chi connectivity index (χ2v) is 5.54. The summed E-state index contributed by atoms with van der Waals surface area (Å²) in [5, 5.41) is -0.0985. The first-order chi connectivity index (χ1) is 5.91. The van der Waals surface area contributed by atoms with Crippen LogP contribution in [0.4, 0.5) is 0 Å². The van der Waals surface area contributed by atoms with Gasteiger partial charge in [0.2, 0.25) is 0 Å². The summed E-state index contributed by atoms with van der Waals surface area (Å²) in [7, 11) is 1.42. The Bertz CT molecular complexity index is 383. The lowest BCUT2D eigenvalue weighted by atomic mass is 10.1. The zero-order valence-electron chi connectivity index (χ0n) is 7.36. The van der Waals surface area contributed by atoms with Crippen LogP contribution in [-0.2, 0) is 9.05 Å². The number of pyridine rings is 1. The highest BCUT2D eigenvalue weighted by Gasteiger charge is 2.11. The van der Waals surface area contributed by atoms with E-state index in [-0.39, 0.29) is 5.03 Å². The van der Waals surface area contributed by atoms with Crippen LogP contribution < -0.4 is 0 Å². The highest BCUT2D eigenvalue weighted by atomic mass is 35.7. The van der Waals surface area contributed by atoms with Gasteiger partial charge in [-0.05, 0) is 17.5 Å². The van der Waals surface area contributed by atoms with Gasteiger partial charge in [-0.25, -0.2) is 13.4 Å². The zero-order chi connectivity index (χ0) is 10.1. The van der Waals surface area contributed by atoms with Crippen molar-refractivity contribution in [2.75, 3.05) is 0 Å². The third-order valence-corrected chi connectivity index (χ3v) is 2.89. The standard InChI is InChI=1S/C8H10ClNO2S/c1-6(2)7-3-4-8(10-5-7)13(9,11)12/h3-6H,1-2H3. The topological polar surface area (TPSA) is 47.0 Å². The van der Waals surface area contributed by atoms with Gasteiger partial charge in [0.15, 0.2) is 5.03 Å². The summed E-state index contributed by atoms with van der Waals surface area (Å²) in [5.41, 5.74) is 0.990. The predicted octanol–water partition coefficient (Wildman–Crippen LogP) is 2.13. The van der Waals surface area contributed by atoms with Gasteiger partial charge < -0.3 is 0 Å². The van der Waals surface area contributed by atoms with Gasteiger partial charge in [-0.15, -0.1) is 0 Å². The summed E-state index contributed by atoms with van der Waals surface area (Å²) in [6.07, 6.45) is 1.53. The van der Waals surface area contributed by atoms with Gasteiger partial charge in [-0.2, -0.15) is 0 Å². The van der Waals surface area contributed by atoms with E-state index < -0.39 is 9.05 Å². The summed E-state index contributed by atoms with van der Waals surface area (Å²) in [4.78, 5) is 3.75. The molecule has 1 aromatic rings. The maximum Gasteiger partial charge on any atom is 0.278 e. The molecule has 3 nitrogen and oxygen atoms in total. The molecule has 1 heterocycles. The van der Waals surface area contributed by atoms with Crippen molar-refractivity contribution in [2.45, 2.75) is 24.8 Å². The van der Waals surface area contributed by atoms with Crippen LogP contribution in [0, 0.1) is 0 Å². The van der Waals surface area contributed by atoms with Gasteiger partial charge in [-0.1, -0.05) is 19.9 Å². The number of nitrogens with zero attached hydrogens (tertiary/aromatic N) is 1. The van der Waals surface area contributed by atoms with Crippen molar-refractivity contribution in [2.24, 2.45) is 0 Å². The summed E-state index contributed by atoms with van der Waals surface area (Å²) in [6, 6.07) is 3.13. The molecule has 0 aliphatic heterocycles. The largest absolute Gasteiger partial charge is 0.278 e. The van der Waals surface area contributed by atoms with Crippen molar-refractivity contribution < 1.29 is 8.42 Å². The van der Waals surface area contributed by atoms with Crippen LogP contribution in [0.25, 0.3) is 0 Å². The molecule has 0 N–H and O–H groups in total. The van der Waals surface area contributed by atoms with Crippen molar-refractivity contribution in [1.29, 1.82) is 0 Å². The number of halogens is 1. The van der Waals surface area contributed by atoms with Gasteiger partial charge in [0.25, 0.3) is 9.05 Å². The molecular weight excluding hydrogens is 210 g/mol. The lowest BCUT2D eigenvalue weighted by Gasteiger charge is -2.03. The third kappa shape index (κ3) is 2.67. The Hall–Kier alpha value is -0.610. The second kappa shape index (κ2) is 3.64. The molecule has 0 bridgehead atoms. The number of rotatable bonds is 2. The smallest absolute Gasteiger partial charge is 0.243 e. The normalized spacial score (nSPS) is 12.0. The Kier molecular flexibility index (Phi) is 2.93. The third-order valence-electron chi connectivity index (χ3n) is 1.68. The highest BCUT2D eigenvalue weighted by Crippen LogP contribution is 2.16. The molecule has 0 unspecified atom stereocenters. The fraction of sp³-hybridized carbons (Fsp3) is 0.375. The molecule has 0 fully saturated rings. The molecule has 0 aliphatic carbocycles. The SMILES string of the molecule is CC(C)c1ccc(S(=O)(=O)Cl)nc1. The van der Waals surface area contributed by atoms with E-state index in [9.17, 15) is 8.42 Å². The fourth-order valence-corrected chi connectivity index (χ4v) is 1.56. The zero-order valence-corrected chi connectivity index (χ0v) is 8.93. The van der Waals surface area contributed by atoms with Gasteiger partial charge in [0, 0.05) is 16.9 Å². The van der Waals surface area contributed by atoms with Crippen LogP contribution in [0.1, 0.15) is 25.3 Å². The average molecular weight is 220 g/mol. The molecule has 0 atom stereocenters. The lowest BCUT2D eigenvalue weighted by Crippen LogP contribution is -1.96. The Morgan fingerprint density at radius 2 is 2.00 bits per heavy atom. The highest BCUT2D eigenvalue weighted by molar-refractivity contribution is 8.13. The Morgan fingerprint density at radius 1 is 1.38 bits per heavy atom. The van der Waals surface area contributed by atoms with Gasteiger partial charge in [-0.3, -0.25) is 0 Å². The summed E-state index contributed by atoms with van der Waals surface area (Å²) in [5.74, 6) is 0.333. The van der Waals surface area contributed by atoms with Crippen LogP contribution in [0.15, 0.2) is 23.4 Å². The molecule has 0 amide bonds. The monoisotopic (exact) mass is 219 g/mol.